The first kappa shape index (κ1) is 22.6. The standard InChI is InChI=1S/C29H32N2O3/c1-21-7-9-22(10-8-21)29(32)13-17-31(18-14-29)16-4-6-24-25-5-3-15-30-27(25)20-34-28-12-11-23(33-2)19-26(24)28/h3,5-12,15,19,32H,4,13-14,16-18,20H2,1-2H3/b24-6+. The number of aliphatic hydroxyl groups is 1. The molecule has 3 aromatic rings. The van der Waals surface area contributed by atoms with Gasteiger partial charge in [0.2, 0.25) is 0 Å². The van der Waals surface area contributed by atoms with Crippen LogP contribution in [0.25, 0.3) is 5.57 Å². The maximum atomic E-state index is 11.2. The lowest BCUT2D eigenvalue weighted by Crippen LogP contribution is -2.42. The summed E-state index contributed by atoms with van der Waals surface area (Å²) in [5.41, 5.74) is 5.78. The van der Waals surface area contributed by atoms with Crippen molar-refractivity contribution in [1.29, 1.82) is 0 Å². The molecule has 5 rings (SSSR count). The fourth-order valence-electron chi connectivity index (χ4n) is 4.97. The molecule has 2 aromatic carbocycles. The highest BCUT2D eigenvalue weighted by atomic mass is 16.5. The van der Waals surface area contributed by atoms with Crippen LogP contribution in [-0.4, -0.2) is 41.7 Å². The number of piperidine rings is 1. The van der Waals surface area contributed by atoms with Gasteiger partial charge < -0.3 is 19.5 Å². The van der Waals surface area contributed by atoms with Gasteiger partial charge in [-0.1, -0.05) is 42.0 Å². The molecule has 34 heavy (non-hydrogen) atoms. The lowest BCUT2D eigenvalue weighted by molar-refractivity contribution is -0.0254. The van der Waals surface area contributed by atoms with Crippen LogP contribution in [0.15, 0.2) is 66.9 Å². The van der Waals surface area contributed by atoms with Crippen molar-refractivity contribution in [2.45, 2.75) is 38.4 Å². The van der Waals surface area contributed by atoms with Gasteiger partial charge in [-0.2, -0.15) is 0 Å². The summed E-state index contributed by atoms with van der Waals surface area (Å²) in [6.07, 6.45) is 6.54. The summed E-state index contributed by atoms with van der Waals surface area (Å²) in [6, 6.07) is 18.4. The van der Waals surface area contributed by atoms with Crippen molar-refractivity contribution in [3.63, 3.8) is 0 Å². The van der Waals surface area contributed by atoms with E-state index in [4.69, 9.17) is 9.47 Å². The molecule has 0 saturated carbocycles. The monoisotopic (exact) mass is 456 g/mol. The van der Waals surface area contributed by atoms with Crippen molar-refractivity contribution in [3.8, 4) is 11.5 Å². The Morgan fingerprint density at radius 2 is 1.88 bits per heavy atom. The number of methoxy groups -OCH3 is 1. The van der Waals surface area contributed by atoms with Gasteiger partial charge in [0.1, 0.15) is 18.1 Å². The summed E-state index contributed by atoms with van der Waals surface area (Å²) in [7, 11) is 1.69. The highest BCUT2D eigenvalue weighted by Crippen LogP contribution is 2.38. The van der Waals surface area contributed by atoms with Crippen LogP contribution in [0.2, 0.25) is 0 Å². The maximum Gasteiger partial charge on any atom is 0.131 e. The Bertz CT molecular complexity index is 1180. The zero-order valence-corrected chi connectivity index (χ0v) is 20.0. The lowest BCUT2D eigenvalue weighted by Gasteiger charge is -2.38. The van der Waals surface area contributed by atoms with Crippen LogP contribution in [0.3, 0.4) is 0 Å². The number of hydrogen-bond acceptors (Lipinski definition) is 5. The fourth-order valence-corrected chi connectivity index (χ4v) is 4.97. The van der Waals surface area contributed by atoms with E-state index in [0.29, 0.717) is 6.61 Å². The Balaban J connectivity index is 1.31. The second-order valence-electron chi connectivity index (χ2n) is 9.29. The molecule has 2 aliphatic heterocycles. The third kappa shape index (κ3) is 4.59. The average Bonchev–Trinajstić information content (AvgIpc) is 3.02. The van der Waals surface area contributed by atoms with Crippen molar-refractivity contribution < 1.29 is 14.6 Å². The number of nitrogens with zero attached hydrogens (tertiary/aromatic N) is 2. The summed E-state index contributed by atoms with van der Waals surface area (Å²) >= 11 is 0. The van der Waals surface area contributed by atoms with Gasteiger partial charge in [-0.05, 0) is 61.6 Å². The van der Waals surface area contributed by atoms with Gasteiger partial charge in [-0.15, -0.1) is 0 Å². The van der Waals surface area contributed by atoms with E-state index in [1.807, 2.05) is 30.5 Å². The number of rotatable bonds is 5. The quantitative estimate of drug-likeness (QED) is 0.579. The van der Waals surface area contributed by atoms with Crippen LogP contribution in [-0.2, 0) is 12.2 Å². The largest absolute Gasteiger partial charge is 0.497 e. The van der Waals surface area contributed by atoms with Crippen molar-refractivity contribution in [3.05, 3.63) is 94.8 Å². The molecule has 1 saturated heterocycles. The minimum Gasteiger partial charge on any atom is -0.497 e. The lowest BCUT2D eigenvalue weighted by atomic mass is 9.84. The van der Waals surface area contributed by atoms with Gasteiger partial charge in [0.05, 0.1) is 18.4 Å². The smallest absolute Gasteiger partial charge is 0.131 e. The van der Waals surface area contributed by atoms with E-state index in [1.54, 1.807) is 7.11 Å². The third-order valence-electron chi connectivity index (χ3n) is 7.09. The van der Waals surface area contributed by atoms with Crippen molar-refractivity contribution in [2.75, 3.05) is 26.7 Å². The van der Waals surface area contributed by atoms with Crippen molar-refractivity contribution in [2.24, 2.45) is 0 Å². The van der Waals surface area contributed by atoms with Gasteiger partial charge in [-0.25, -0.2) is 0 Å². The number of hydrogen-bond donors (Lipinski definition) is 1. The van der Waals surface area contributed by atoms with E-state index < -0.39 is 5.60 Å². The third-order valence-corrected chi connectivity index (χ3v) is 7.09. The first-order valence-electron chi connectivity index (χ1n) is 12.0. The predicted octanol–water partition coefficient (Wildman–Crippen LogP) is 5.10. The summed E-state index contributed by atoms with van der Waals surface area (Å²) < 4.78 is 11.6. The molecule has 0 radical (unpaired) electrons. The summed E-state index contributed by atoms with van der Waals surface area (Å²) in [4.78, 5) is 7.02. The van der Waals surface area contributed by atoms with Crippen LogP contribution in [0.5, 0.6) is 11.5 Å². The van der Waals surface area contributed by atoms with Gasteiger partial charge >= 0.3 is 0 Å². The normalized spacial score (nSPS) is 18.5. The zero-order valence-electron chi connectivity index (χ0n) is 20.0. The number of aryl methyl sites for hydroxylation is 1. The summed E-state index contributed by atoms with van der Waals surface area (Å²) in [6.45, 7) is 5.26. The molecular formula is C29H32N2O3. The van der Waals surface area contributed by atoms with E-state index in [1.165, 1.54) is 5.56 Å². The van der Waals surface area contributed by atoms with Crippen molar-refractivity contribution >= 4 is 5.57 Å². The molecule has 0 bridgehead atoms. The van der Waals surface area contributed by atoms with Crippen LogP contribution < -0.4 is 9.47 Å². The predicted molar refractivity (Wildman–Crippen MR) is 134 cm³/mol. The topological polar surface area (TPSA) is 54.8 Å². The second kappa shape index (κ2) is 9.61. The minimum atomic E-state index is -0.721. The van der Waals surface area contributed by atoms with Crippen LogP contribution in [0, 0.1) is 6.92 Å². The number of likely N-dealkylation sites (tertiary alicyclic amines) is 1. The highest BCUT2D eigenvalue weighted by Gasteiger charge is 2.33. The first-order chi connectivity index (χ1) is 16.6. The molecule has 3 heterocycles. The molecule has 1 aromatic heterocycles. The number of pyridine rings is 1. The van der Waals surface area contributed by atoms with Crippen LogP contribution in [0.4, 0.5) is 0 Å². The molecule has 5 nitrogen and oxygen atoms in total. The molecule has 0 amide bonds. The molecule has 0 atom stereocenters. The molecule has 0 unspecified atom stereocenters. The van der Waals surface area contributed by atoms with E-state index in [0.717, 1.165) is 78.4 Å². The summed E-state index contributed by atoms with van der Waals surface area (Å²) in [5, 5.41) is 11.2. The van der Waals surface area contributed by atoms with Crippen LogP contribution in [0.1, 0.15) is 47.2 Å². The van der Waals surface area contributed by atoms with Gasteiger partial charge in [0.25, 0.3) is 0 Å². The van der Waals surface area contributed by atoms with E-state index in [2.05, 4.69) is 53.2 Å². The Morgan fingerprint density at radius 3 is 2.65 bits per heavy atom. The molecular weight excluding hydrogens is 424 g/mol. The highest BCUT2D eigenvalue weighted by molar-refractivity contribution is 5.85. The molecule has 0 aliphatic carbocycles. The van der Waals surface area contributed by atoms with Gasteiger partial charge in [-0.3, -0.25) is 4.98 Å². The van der Waals surface area contributed by atoms with E-state index in [9.17, 15) is 5.11 Å². The van der Waals surface area contributed by atoms with E-state index >= 15 is 0 Å². The first-order valence-corrected chi connectivity index (χ1v) is 12.0. The molecule has 5 heteroatoms. The number of fused-ring (bicyclic) bond motifs is 2. The fraction of sp³-hybridized carbons (Fsp3) is 0.345. The SMILES string of the molecule is COc1ccc2c(c1)/C(=C/CCN1CCC(O)(c3ccc(C)cc3)CC1)c1cccnc1CO2. The van der Waals surface area contributed by atoms with Crippen molar-refractivity contribution in [1.82, 2.24) is 9.88 Å². The Kier molecular flexibility index (Phi) is 6.40. The molecule has 2 aliphatic rings. The minimum absolute atomic E-state index is 0.455. The molecule has 176 valence electrons. The van der Waals surface area contributed by atoms with Gasteiger partial charge in [0, 0.05) is 37.0 Å². The van der Waals surface area contributed by atoms with E-state index in [-0.39, 0.29) is 0 Å². The molecule has 1 fully saturated rings. The maximum absolute atomic E-state index is 11.2. The average molecular weight is 457 g/mol. The number of aromatic nitrogens is 1. The number of ether oxygens (including phenoxy) is 2. The van der Waals surface area contributed by atoms with Gasteiger partial charge in [0.15, 0.2) is 0 Å². The second-order valence-corrected chi connectivity index (χ2v) is 9.29. The zero-order chi connectivity index (χ0) is 23.5. The van der Waals surface area contributed by atoms with Crippen LogP contribution >= 0.6 is 0 Å². The Morgan fingerprint density at radius 1 is 1.09 bits per heavy atom. The molecule has 0 spiro atoms. The Labute approximate surface area is 201 Å². The summed E-state index contributed by atoms with van der Waals surface area (Å²) in [5.74, 6) is 1.66. The Hall–Kier alpha value is -3.15. The number of benzene rings is 2. The molecule has 1 N–H and O–H groups in total.